The molecule has 0 saturated carbocycles. The van der Waals surface area contributed by atoms with Crippen LogP contribution in [0.1, 0.15) is 5.56 Å². The summed E-state index contributed by atoms with van der Waals surface area (Å²) in [6.45, 7) is 3.90. The van der Waals surface area contributed by atoms with E-state index in [1.165, 1.54) is 11.3 Å². The Morgan fingerprint density at radius 1 is 1.14 bits per heavy atom. The smallest absolute Gasteiger partial charge is 0.0536 e. The van der Waals surface area contributed by atoms with Gasteiger partial charge in [0, 0.05) is 13.6 Å². The molecule has 0 amide bonds. The Balaban J connectivity index is 2.19. The van der Waals surface area contributed by atoms with Crippen LogP contribution in [0, 0.1) is 6.92 Å². The molecule has 14 heavy (non-hydrogen) atoms. The van der Waals surface area contributed by atoms with E-state index in [9.17, 15) is 0 Å². The number of hydrogen-bond donors (Lipinski definition) is 1. The van der Waals surface area contributed by atoms with Crippen LogP contribution in [-0.4, -0.2) is 30.4 Å². The Morgan fingerprint density at radius 3 is 2.29 bits per heavy atom. The second-order valence-electron chi connectivity index (χ2n) is 3.61. The molecule has 2 rings (SSSR count). The Bertz CT molecular complexity index is 308. The van der Waals surface area contributed by atoms with Gasteiger partial charge in [-0.1, -0.05) is 17.7 Å². The van der Waals surface area contributed by atoms with Gasteiger partial charge in [-0.05, 0) is 19.1 Å². The minimum absolute atomic E-state index is 0.865. The first-order chi connectivity index (χ1) is 6.68. The van der Waals surface area contributed by atoms with Gasteiger partial charge in [-0.2, -0.15) is 5.12 Å². The lowest BCUT2D eigenvalue weighted by atomic mass is 10.2. The van der Waals surface area contributed by atoms with Crippen molar-refractivity contribution in [2.24, 2.45) is 5.84 Å². The number of hydrogen-bond acceptors (Lipinski definition) is 4. The van der Waals surface area contributed by atoms with Crippen LogP contribution in [0.3, 0.4) is 0 Å². The molecule has 4 heteroatoms. The molecule has 1 saturated heterocycles. The van der Waals surface area contributed by atoms with Crippen molar-refractivity contribution in [2.75, 3.05) is 25.1 Å². The van der Waals surface area contributed by atoms with Gasteiger partial charge in [0.05, 0.1) is 12.2 Å². The maximum absolute atomic E-state index is 5.75. The van der Waals surface area contributed by atoms with E-state index in [1.807, 2.05) is 12.2 Å². The van der Waals surface area contributed by atoms with E-state index in [-0.39, 0.29) is 0 Å². The van der Waals surface area contributed by atoms with Gasteiger partial charge in [0.15, 0.2) is 0 Å². The maximum Gasteiger partial charge on any atom is 0.0536 e. The van der Waals surface area contributed by atoms with Crippen LogP contribution in [0.5, 0.6) is 0 Å². The molecule has 0 spiro atoms. The zero-order valence-electron chi connectivity index (χ0n) is 8.64. The van der Waals surface area contributed by atoms with Crippen molar-refractivity contribution < 1.29 is 0 Å². The van der Waals surface area contributed by atoms with Crippen LogP contribution in [0.25, 0.3) is 0 Å². The van der Waals surface area contributed by atoms with Gasteiger partial charge in [0.2, 0.25) is 0 Å². The fourth-order valence-electron chi connectivity index (χ4n) is 1.64. The molecule has 1 heterocycles. The first kappa shape index (κ1) is 9.45. The summed E-state index contributed by atoms with van der Waals surface area (Å²) in [4.78, 5) is 0. The monoisotopic (exact) mass is 192 g/mol. The molecule has 4 nitrogen and oxygen atoms in total. The Morgan fingerprint density at radius 2 is 1.79 bits per heavy atom. The SMILES string of the molecule is Cc1ccc(N2CCN(N)N2C)cc1. The van der Waals surface area contributed by atoms with Crippen LogP contribution < -0.4 is 10.9 Å². The standard InChI is InChI=1S/C10H16N4/c1-9-3-5-10(6-4-9)13-7-8-14(11)12(13)2/h3-6H,7-8,11H2,1-2H3. The van der Waals surface area contributed by atoms with Gasteiger partial charge in [-0.3, -0.25) is 10.9 Å². The molecule has 0 aliphatic carbocycles. The van der Waals surface area contributed by atoms with Crippen molar-refractivity contribution in [3.63, 3.8) is 0 Å². The number of benzene rings is 1. The molecule has 0 aromatic heterocycles. The molecule has 2 N–H and O–H groups in total. The number of rotatable bonds is 1. The van der Waals surface area contributed by atoms with E-state index in [0.29, 0.717) is 0 Å². The van der Waals surface area contributed by atoms with Crippen molar-refractivity contribution in [1.29, 1.82) is 0 Å². The largest absolute Gasteiger partial charge is 0.290 e. The van der Waals surface area contributed by atoms with Gasteiger partial charge in [-0.25, -0.2) is 0 Å². The average Bonchev–Trinajstić information content (AvgIpc) is 2.50. The Labute approximate surface area is 84.4 Å². The fraction of sp³-hybridized carbons (Fsp3) is 0.400. The number of aryl methyl sites for hydroxylation is 1. The third kappa shape index (κ3) is 1.59. The Kier molecular flexibility index (Phi) is 2.41. The lowest BCUT2D eigenvalue weighted by Crippen LogP contribution is -2.45. The van der Waals surface area contributed by atoms with Gasteiger partial charge in [0.25, 0.3) is 0 Å². The molecule has 0 unspecified atom stereocenters. The third-order valence-electron chi connectivity index (χ3n) is 2.59. The van der Waals surface area contributed by atoms with Gasteiger partial charge in [-0.15, -0.1) is 5.12 Å². The van der Waals surface area contributed by atoms with Crippen LogP contribution >= 0.6 is 0 Å². The highest BCUT2D eigenvalue weighted by molar-refractivity contribution is 5.46. The summed E-state index contributed by atoms with van der Waals surface area (Å²) in [7, 11) is 1.97. The van der Waals surface area contributed by atoms with Crippen molar-refractivity contribution in [1.82, 2.24) is 10.2 Å². The lowest BCUT2D eigenvalue weighted by molar-refractivity contribution is 0.0448. The summed E-state index contributed by atoms with van der Waals surface area (Å²) in [5.74, 6) is 5.75. The summed E-state index contributed by atoms with van der Waals surface area (Å²) < 4.78 is 0. The normalized spacial score (nSPS) is 19.2. The van der Waals surface area contributed by atoms with Gasteiger partial charge < -0.3 is 0 Å². The molecule has 0 bridgehead atoms. The molecule has 1 aliphatic rings. The highest BCUT2D eigenvalue weighted by Crippen LogP contribution is 2.19. The number of anilines is 1. The lowest BCUT2D eigenvalue weighted by Gasteiger charge is -2.28. The van der Waals surface area contributed by atoms with E-state index in [0.717, 1.165) is 13.1 Å². The molecule has 1 aliphatic heterocycles. The molecular formula is C10H16N4. The Hall–Kier alpha value is -1.10. The van der Waals surface area contributed by atoms with Gasteiger partial charge >= 0.3 is 0 Å². The van der Waals surface area contributed by atoms with Crippen LogP contribution in [0.15, 0.2) is 24.3 Å². The predicted molar refractivity (Wildman–Crippen MR) is 57.2 cm³/mol. The van der Waals surface area contributed by atoms with Crippen LogP contribution in [0.2, 0.25) is 0 Å². The second-order valence-corrected chi connectivity index (χ2v) is 3.61. The summed E-state index contributed by atoms with van der Waals surface area (Å²) in [5.41, 5.74) is 2.46. The minimum Gasteiger partial charge on any atom is -0.290 e. The molecule has 76 valence electrons. The van der Waals surface area contributed by atoms with E-state index in [1.54, 1.807) is 5.12 Å². The van der Waals surface area contributed by atoms with Crippen molar-refractivity contribution in [2.45, 2.75) is 6.92 Å². The second kappa shape index (κ2) is 3.57. The zero-order valence-corrected chi connectivity index (χ0v) is 8.64. The predicted octanol–water partition coefficient (Wildman–Crippen LogP) is 0.753. The number of hydrazine groups is 3. The summed E-state index contributed by atoms with van der Waals surface area (Å²) in [6, 6.07) is 8.46. The van der Waals surface area contributed by atoms with E-state index in [4.69, 9.17) is 5.84 Å². The van der Waals surface area contributed by atoms with Crippen molar-refractivity contribution >= 4 is 5.69 Å². The quantitative estimate of drug-likeness (QED) is 0.666. The first-order valence-electron chi connectivity index (χ1n) is 4.78. The van der Waals surface area contributed by atoms with E-state index < -0.39 is 0 Å². The molecule has 1 aromatic carbocycles. The maximum atomic E-state index is 5.75. The molecule has 0 radical (unpaired) electrons. The molecular weight excluding hydrogens is 176 g/mol. The van der Waals surface area contributed by atoms with Crippen molar-refractivity contribution in [3.8, 4) is 0 Å². The molecule has 0 atom stereocenters. The van der Waals surface area contributed by atoms with Gasteiger partial charge in [0.1, 0.15) is 0 Å². The van der Waals surface area contributed by atoms with E-state index >= 15 is 0 Å². The first-order valence-corrected chi connectivity index (χ1v) is 4.78. The number of nitrogens with zero attached hydrogens (tertiary/aromatic N) is 3. The van der Waals surface area contributed by atoms with Crippen LogP contribution in [-0.2, 0) is 0 Å². The summed E-state index contributed by atoms with van der Waals surface area (Å²) in [6.07, 6.45) is 0. The number of nitrogens with two attached hydrogens (primary N) is 1. The van der Waals surface area contributed by atoms with E-state index in [2.05, 4.69) is 36.2 Å². The molecule has 1 fully saturated rings. The topological polar surface area (TPSA) is 35.7 Å². The zero-order chi connectivity index (χ0) is 10.1. The highest BCUT2D eigenvalue weighted by Gasteiger charge is 2.23. The average molecular weight is 192 g/mol. The highest BCUT2D eigenvalue weighted by atomic mass is 15.9. The summed E-state index contributed by atoms with van der Waals surface area (Å²) >= 11 is 0. The fourth-order valence-corrected chi connectivity index (χ4v) is 1.64. The van der Waals surface area contributed by atoms with Crippen LogP contribution in [0.4, 0.5) is 5.69 Å². The third-order valence-corrected chi connectivity index (χ3v) is 2.59. The minimum atomic E-state index is 0.865. The summed E-state index contributed by atoms with van der Waals surface area (Å²) in [5, 5.41) is 5.80. The molecule has 1 aromatic rings. The van der Waals surface area contributed by atoms with Crippen molar-refractivity contribution in [3.05, 3.63) is 29.8 Å².